The van der Waals surface area contributed by atoms with Crippen molar-refractivity contribution < 1.29 is 53.1 Å². The topological polar surface area (TPSA) is 155 Å². The van der Waals surface area contributed by atoms with E-state index in [0.717, 1.165) is 63.9 Å². The third-order valence-electron chi connectivity index (χ3n) is 8.61. The number of hydrogen-bond donors (Lipinski definition) is 2. The van der Waals surface area contributed by atoms with Gasteiger partial charge in [-0.3, -0.25) is 9.59 Å². The molecule has 0 aromatic heterocycles. The predicted octanol–water partition coefficient (Wildman–Crippen LogP) is 7.62. The second-order valence-electron chi connectivity index (χ2n) is 12.5. The van der Waals surface area contributed by atoms with Gasteiger partial charge >= 0.3 is 23.9 Å². The molecular weight excluding hydrogens is 644 g/mol. The minimum absolute atomic E-state index is 0.106. The first-order valence-electron chi connectivity index (χ1n) is 17.9. The van der Waals surface area contributed by atoms with E-state index in [0.29, 0.717) is 74.6 Å². The maximum atomic E-state index is 12.8. The summed E-state index contributed by atoms with van der Waals surface area (Å²) in [4.78, 5) is 47.8. The van der Waals surface area contributed by atoms with Gasteiger partial charge in [-0.25, -0.2) is 9.59 Å². The molecule has 0 heterocycles. The van der Waals surface area contributed by atoms with Crippen LogP contribution in [-0.4, -0.2) is 67.1 Å². The van der Waals surface area contributed by atoms with Crippen molar-refractivity contribution in [2.75, 3.05) is 26.9 Å². The van der Waals surface area contributed by atoms with Gasteiger partial charge in [-0.05, 0) is 101 Å². The molecule has 11 heteroatoms. The Kier molecular flexibility index (Phi) is 20.3. The number of benzene rings is 1. The maximum absolute atomic E-state index is 12.8. The zero-order chi connectivity index (χ0) is 36.6. The second kappa shape index (κ2) is 24.1. The molecule has 50 heavy (non-hydrogen) atoms. The Hall–Kier alpha value is -4.12. The van der Waals surface area contributed by atoms with Crippen LogP contribution in [0.15, 0.2) is 60.1 Å². The van der Waals surface area contributed by atoms with Crippen molar-refractivity contribution in [1.29, 1.82) is 0 Å². The Morgan fingerprint density at radius 3 is 2.22 bits per heavy atom. The number of esters is 3. The van der Waals surface area contributed by atoms with Crippen molar-refractivity contribution in [3.63, 3.8) is 0 Å². The molecule has 2 rings (SSSR count). The molecule has 278 valence electrons. The molecule has 1 aliphatic rings. The summed E-state index contributed by atoms with van der Waals surface area (Å²) in [6, 6.07) is 6.73. The van der Waals surface area contributed by atoms with Gasteiger partial charge < -0.3 is 33.9 Å². The van der Waals surface area contributed by atoms with Crippen LogP contribution < -0.4 is 4.74 Å². The van der Waals surface area contributed by atoms with E-state index in [9.17, 15) is 19.2 Å². The lowest BCUT2D eigenvalue weighted by Crippen LogP contribution is -2.21. The lowest BCUT2D eigenvalue weighted by Gasteiger charge is -2.30. The Morgan fingerprint density at radius 1 is 0.880 bits per heavy atom. The maximum Gasteiger partial charge on any atom is 0.343 e. The molecule has 0 amide bonds. The van der Waals surface area contributed by atoms with Gasteiger partial charge in [0, 0.05) is 37.4 Å². The minimum Gasteiger partial charge on any atom is -0.497 e. The van der Waals surface area contributed by atoms with Crippen molar-refractivity contribution in [1.82, 2.24) is 0 Å². The molecule has 0 fully saturated rings. The zero-order valence-corrected chi connectivity index (χ0v) is 30.0. The summed E-state index contributed by atoms with van der Waals surface area (Å²) in [7, 11) is 1.49. The fraction of sp³-hybridized carbons (Fsp3) is 0.590. The monoisotopic (exact) mass is 700 g/mol. The lowest BCUT2D eigenvalue weighted by molar-refractivity contribution is -0.150. The highest BCUT2D eigenvalue weighted by molar-refractivity contribution is 5.90. The van der Waals surface area contributed by atoms with Gasteiger partial charge in [0.1, 0.15) is 17.6 Å². The fourth-order valence-electron chi connectivity index (χ4n) is 5.40. The summed E-state index contributed by atoms with van der Waals surface area (Å²) < 4.78 is 27.8. The van der Waals surface area contributed by atoms with Crippen LogP contribution in [0.2, 0.25) is 0 Å². The average molecular weight is 701 g/mol. The van der Waals surface area contributed by atoms with Crippen LogP contribution in [0.3, 0.4) is 0 Å². The summed E-state index contributed by atoms with van der Waals surface area (Å²) >= 11 is 0. The highest BCUT2D eigenvalue weighted by atomic mass is 16.6. The van der Waals surface area contributed by atoms with Crippen LogP contribution in [-0.2, 0) is 33.3 Å². The highest BCUT2D eigenvalue weighted by Crippen LogP contribution is 2.39. The third kappa shape index (κ3) is 16.5. The summed E-state index contributed by atoms with van der Waals surface area (Å²) in [5.41, 5.74) is -0.178. The number of rotatable bonds is 26. The van der Waals surface area contributed by atoms with Crippen LogP contribution in [0.4, 0.5) is 0 Å². The van der Waals surface area contributed by atoms with Crippen molar-refractivity contribution in [3.05, 3.63) is 65.7 Å². The van der Waals surface area contributed by atoms with Crippen LogP contribution in [0.1, 0.15) is 121 Å². The first-order chi connectivity index (χ1) is 24.1. The predicted molar refractivity (Wildman–Crippen MR) is 188 cm³/mol. The highest BCUT2D eigenvalue weighted by Gasteiger charge is 2.31. The van der Waals surface area contributed by atoms with E-state index in [1.807, 2.05) is 19.9 Å². The molecule has 0 spiro atoms. The van der Waals surface area contributed by atoms with Crippen molar-refractivity contribution in [3.8, 4) is 5.75 Å². The Bertz CT molecular complexity index is 1280. The molecule has 2 atom stereocenters. The summed E-state index contributed by atoms with van der Waals surface area (Å²) in [6.07, 6.45) is 16.5. The standard InChI is InChI=1S/C39H56O11/c1-4-31(49-37(44)17-11-8-14-28-48-36(43)16-10-6-12-26-40)15-9-7-13-27-47-32-20-18-30(19-21-32)38(45)50-33-22-24-39(5-2,25-23-35(41)42)29-34(33)46-3/h18-25,31,40H,4-17,26-29H2,1-3H3,(H,41,42). The minimum atomic E-state index is -1.03. The van der Waals surface area contributed by atoms with Gasteiger partial charge in [-0.1, -0.05) is 32.4 Å². The number of carbonyl (C=O) groups is 4. The van der Waals surface area contributed by atoms with Crippen LogP contribution in [0.25, 0.3) is 0 Å². The summed E-state index contributed by atoms with van der Waals surface area (Å²) in [5, 5.41) is 17.8. The second-order valence-corrected chi connectivity index (χ2v) is 12.5. The number of allylic oxidation sites excluding steroid dienone is 4. The Labute approximate surface area is 296 Å². The number of carboxylic acids is 1. The number of methoxy groups -OCH3 is 1. The number of carbonyl (C=O) groups excluding carboxylic acids is 3. The number of aliphatic hydroxyl groups is 1. The molecule has 0 aliphatic heterocycles. The van der Waals surface area contributed by atoms with Gasteiger partial charge in [0.2, 0.25) is 0 Å². The Balaban J connectivity index is 1.62. The number of unbranched alkanes of at least 4 members (excludes halogenated alkanes) is 6. The summed E-state index contributed by atoms with van der Waals surface area (Å²) in [5.74, 6) is -0.571. The molecule has 0 radical (unpaired) electrons. The SMILES string of the molecule is CCC(CCCCCOc1ccc(C(=O)OC2=C(OC)CC(C=CC(=O)O)(CC)C=C2)cc1)OC(=O)CCCCCOC(=O)CCCCCO. The molecule has 1 aromatic carbocycles. The quantitative estimate of drug-likeness (QED) is 0.0424. The normalized spacial score (nSPS) is 16.2. The van der Waals surface area contributed by atoms with E-state index in [1.165, 1.54) is 7.11 Å². The molecule has 1 aliphatic carbocycles. The van der Waals surface area contributed by atoms with E-state index < -0.39 is 17.4 Å². The fourth-order valence-corrected chi connectivity index (χ4v) is 5.40. The molecule has 0 saturated heterocycles. The molecule has 0 bridgehead atoms. The number of carboxylic acid groups (broad SMARTS) is 1. The van der Waals surface area contributed by atoms with E-state index in [1.54, 1.807) is 36.4 Å². The van der Waals surface area contributed by atoms with E-state index in [-0.39, 0.29) is 24.6 Å². The molecule has 1 aromatic rings. The first-order valence-corrected chi connectivity index (χ1v) is 17.9. The zero-order valence-electron chi connectivity index (χ0n) is 30.0. The Morgan fingerprint density at radius 2 is 1.56 bits per heavy atom. The number of aliphatic hydroxyl groups excluding tert-OH is 1. The average Bonchev–Trinajstić information content (AvgIpc) is 3.12. The van der Waals surface area contributed by atoms with Crippen LogP contribution in [0, 0.1) is 5.41 Å². The molecule has 2 N–H and O–H groups in total. The number of ether oxygens (including phenoxy) is 5. The number of hydrogen-bond acceptors (Lipinski definition) is 10. The number of aliphatic carboxylic acids is 1. The molecule has 11 nitrogen and oxygen atoms in total. The third-order valence-corrected chi connectivity index (χ3v) is 8.61. The lowest BCUT2D eigenvalue weighted by atomic mass is 9.77. The van der Waals surface area contributed by atoms with Gasteiger partial charge in [-0.15, -0.1) is 0 Å². The van der Waals surface area contributed by atoms with Gasteiger partial charge in [0.15, 0.2) is 5.76 Å². The van der Waals surface area contributed by atoms with Crippen LogP contribution >= 0.6 is 0 Å². The smallest absolute Gasteiger partial charge is 0.343 e. The van der Waals surface area contributed by atoms with Crippen molar-refractivity contribution in [2.45, 2.75) is 116 Å². The van der Waals surface area contributed by atoms with Gasteiger partial charge in [0.25, 0.3) is 0 Å². The van der Waals surface area contributed by atoms with E-state index >= 15 is 0 Å². The van der Waals surface area contributed by atoms with Crippen molar-refractivity contribution >= 4 is 23.9 Å². The molecular formula is C39H56O11. The largest absolute Gasteiger partial charge is 0.497 e. The van der Waals surface area contributed by atoms with Gasteiger partial charge in [0.05, 0.1) is 25.9 Å². The van der Waals surface area contributed by atoms with E-state index in [2.05, 4.69) is 0 Å². The molecule has 2 unspecified atom stereocenters. The van der Waals surface area contributed by atoms with E-state index in [4.69, 9.17) is 33.9 Å². The van der Waals surface area contributed by atoms with Crippen molar-refractivity contribution in [2.24, 2.45) is 5.41 Å². The molecule has 0 saturated carbocycles. The van der Waals surface area contributed by atoms with Gasteiger partial charge in [-0.2, -0.15) is 0 Å². The van der Waals surface area contributed by atoms with Crippen LogP contribution in [0.5, 0.6) is 5.75 Å². The first kappa shape index (κ1) is 42.0. The summed E-state index contributed by atoms with van der Waals surface area (Å²) in [6.45, 7) is 4.99.